The molecule has 0 saturated heterocycles. The number of fused-ring (bicyclic) bond motifs is 1. The van der Waals surface area contributed by atoms with E-state index in [9.17, 15) is 4.79 Å². The maximum Gasteiger partial charge on any atom is 0.257 e. The van der Waals surface area contributed by atoms with Crippen molar-refractivity contribution in [3.8, 4) is 22.5 Å². The van der Waals surface area contributed by atoms with E-state index in [2.05, 4.69) is 10.4 Å². The van der Waals surface area contributed by atoms with Crippen LogP contribution in [-0.2, 0) is 6.54 Å². The van der Waals surface area contributed by atoms with Crippen molar-refractivity contribution < 1.29 is 4.79 Å². The van der Waals surface area contributed by atoms with Gasteiger partial charge in [0.1, 0.15) is 5.56 Å². The molecule has 5 nitrogen and oxygen atoms in total. The van der Waals surface area contributed by atoms with E-state index in [4.69, 9.17) is 16.6 Å². The average molecular weight is 439 g/mol. The van der Waals surface area contributed by atoms with Gasteiger partial charge in [-0.1, -0.05) is 84.4 Å². The summed E-state index contributed by atoms with van der Waals surface area (Å²) in [4.78, 5) is 17.8. The summed E-state index contributed by atoms with van der Waals surface area (Å²) in [5, 5.41) is 8.11. The summed E-state index contributed by atoms with van der Waals surface area (Å²) in [5.41, 5.74) is 5.51. The molecule has 0 aliphatic heterocycles. The summed E-state index contributed by atoms with van der Waals surface area (Å²) in [7, 11) is 0. The zero-order valence-corrected chi connectivity index (χ0v) is 17.8. The first-order valence-corrected chi connectivity index (χ1v) is 10.6. The Kier molecular flexibility index (Phi) is 5.40. The molecule has 1 amide bonds. The van der Waals surface area contributed by atoms with Gasteiger partial charge in [0.05, 0.1) is 17.6 Å². The minimum Gasteiger partial charge on any atom is -0.348 e. The zero-order valence-electron chi connectivity index (χ0n) is 17.1. The summed E-state index contributed by atoms with van der Waals surface area (Å²) in [6.45, 7) is 0.386. The van der Waals surface area contributed by atoms with Crippen LogP contribution in [0, 0.1) is 0 Å². The number of rotatable bonds is 5. The van der Waals surface area contributed by atoms with Crippen LogP contribution in [0.25, 0.3) is 28.2 Å². The van der Waals surface area contributed by atoms with Crippen LogP contribution in [0.2, 0.25) is 5.02 Å². The van der Waals surface area contributed by atoms with Gasteiger partial charge in [-0.15, -0.1) is 0 Å². The van der Waals surface area contributed by atoms with Crippen LogP contribution < -0.4 is 5.32 Å². The number of amides is 1. The highest BCUT2D eigenvalue weighted by atomic mass is 35.5. The molecule has 2 aromatic heterocycles. The second-order valence-electron chi connectivity index (χ2n) is 7.36. The Morgan fingerprint density at radius 3 is 2.22 bits per heavy atom. The topological polar surface area (TPSA) is 59.3 Å². The van der Waals surface area contributed by atoms with Gasteiger partial charge in [-0.2, -0.15) is 5.10 Å². The van der Waals surface area contributed by atoms with Crippen LogP contribution in [-0.4, -0.2) is 20.5 Å². The molecule has 3 aromatic carbocycles. The van der Waals surface area contributed by atoms with Crippen molar-refractivity contribution in [2.45, 2.75) is 6.54 Å². The molecule has 1 N–H and O–H groups in total. The van der Waals surface area contributed by atoms with Crippen LogP contribution in [0.1, 0.15) is 15.9 Å². The Morgan fingerprint density at radius 2 is 1.53 bits per heavy atom. The second kappa shape index (κ2) is 8.65. The first-order chi connectivity index (χ1) is 15.7. The van der Waals surface area contributed by atoms with E-state index in [0.29, 0.717) is 22.8 Å². The quantitative estimate of drug-likeness (QED) is 0.386. The fraction of sp³-hybridized carbons (Fsp3) is 0.0385. The minimum absolute atomic E-state index is 0.230. The second-order valence-corrected chi connectivity index (χ2v) is 7.80. The Morgan fingerprint density at radius 1 is 0.875 bits per heavy atom. The Balaban J connectivity index is 1.56. The summed E-state index contributed by atoms with van der Waals surface area (Å²) >= 11 is 5.94. The van der Waals surface area contributed by atoms with E-state index in [1.54, 1.807) is 22.8 Å². The standard InChI is InChI=1S/C26H19ClN4O/c27-21-13-11-18(12-14-21)16-28-26(32)22-17-29-31-24(20-9-5-2-6-10-20)15-23(30-25(22)31)19-7-3-1-4-8-19/h1-15,17H,16H2,(H,28,32). The molecular formula is C26H19ClN4O. The normalized spacial score (nSPS) is 10.9. The van der Waals surface area contributed by atoms with Gasteiger partial charge in [-0.05, 0) is 23.8 Å². The van der Waals surface area contributed by atoms with Crippen LogP contribution in [0.5, 0.6) is 0 Å². The lowest BCUT2D eigenvalue weighted by Crippen LogP contribution is -2.22. The lowest BCUT2D eigenvalue weighted by molar-refractivity contribution is 0.0952. The largest absolute Gasteiger partial charge is 0.348 e. The Labute approximate surface area is 190 Å². The number of nitrogens with one attached hydrogen (secondary N) is 1. The molecule has 0 radical (unpaired) electrons. The van der Waals surface area contributed by atoms with Gasteiger partial charge in [0.2, 0.25) is 0 Å². The number of benzene rings is 3. The third kappa shape index (κ3) is 3.98. The molecule has 0 atom stereocenters. The van der Waals surface area contributed by atoms with E-state index in [1.165, 1.54) is 0 Å². The Hall–Kier alpha value is -3.96. The van der Waals surface area contributed by atoms with Gasteiger partial charge in [0.15, 0.2) is 5.65 Å². The number of nitrogens with zero attached hydrogens (tertiary/aromatic N) is 3. The predicted octanol–water partition coefficient (Wildman–Crippen LogP) is 5.65. The molecular weight excluding hydrogens is 420 g/mol. The predicted molar refractivity (Wildman–Crippen MR) is 126 cm³/mol. The molecule has 32 heavy (non-hydrogen) atoms. The van der Waals surface area contributed by atoms with Crippen LogP contribution in [0.4, 0.5) is 0 Å². The number of halogens is 1. The van der Waals surface area contributed by atoms with Gasteiger partial charge in [0, 0.05) is 22.7 Å². The highest BCUT2D eigenvalue weighted by Gasteiger charge is 2.18. The van der Waals surface area contributed by atoms with Crippen LogP contribution in [0.3, 0.4) is 0 Å². The van der Waals surface area contributed by atoms with Gasteiger partial charge >= 0.3 is 0 Å². The van der Waals surface area contributed by atoms with Crippen molar-refractivity contribution in [2.75, 3.05) is 0 Å². The fourth-order valence-electron chi connectivity index (χ4n) is 3.57. The van der Waals surface area contributed by atoms with Crippen molar-refractivity contribution in [3.05, 3.63) is 113 Å². The molecule has 0 aliphatic carbocycles. The molecule has 5 aromatic rings. The maximum atomic E-state index is 13.0. The Bertz CT molecular complexity index is 1380. The van der Waals surface area contributed by atoms with Crippen molar-refractivity contribution in [3.63, 3.8) is 0 Å². The van der Waals surface area contributed by atoms with Crippen LogP contribution >= 0.6 is 11.6 Å². The minimum atomic E-state index is -0.230. The van der Waals surface area contributed by atoms with Crippen molar-refractivity contribution in [1.82, 2.24) is 19.9 Å². The molecule has 156 valence electrons. The number of carbonyl (C=O) groups is 1. The first-order valence-electron chi connectivity index (χ1n) is 10.2. The molecule has 0 spiro atoms. The maximum absolute atomic E-state index is 13.0. The van der Waals surface area contributed by atoms with Gasteiger partial charge in [-0.25, -0.2) is 9.50 Å². The molecule has 0 fully saturated rings. The van der Waals surface area contributed by atoms with E-state index < -0.39 is 0 Å². The highest BCUT2D eigenvalue weighted by molar-refractivity contribution is 6.30. The molecule has 2 heterocycles. The van der Waals surface area contributed by atoms with E-state index >= 15 is 0 Å². The first kappa shape index (κ1) is 20.0. The molecule has 0 bridgehead atoms. The molecule has 6 heteroatoms. The SMILES string of the molecule is O=C(NCc1ccc(Cl)cc1)c1cnn2c(-c3ccccc3)cc(-c3ccccc3)nc12. The van der Waals surface area contributed by atoms with Crippen molar-refractivity contribution >= 4 is 23.2 Å². The van der Waals surface area contributed by atoms with Crippen LogP contribution in [0.15, 0.2) is 97.2 Å². The fourth-order valence-corrected chi connectivity index (χ4v) is 3.70. The number of aromatic nitrogens is 3. The molecule has 5 rings (SSSR count). The third-order valence-corrected chi connectivity index (χ3v) is 5.47. The number of hydrogen-bond acceptors (Lipinski definition) is 3. The monoisotopic (exact) mass is 438 g/mol. The average Bonchev–Trinajstić information content (AvgIpc) is 3.28. The highest BCUT2D eigenvalue weighted by Crippen LogP contribution is 2.27. The summed E-state index contributed by atoms with van der Waals surface area (Å²) in [6.07, 6.45) is 1.57. The van der Waals surface area contributed by atoms with E-state index in [1.807, 2.05) is 78.9 Å². The van der Waals surface area contributed by atoms with Crippen molar-refractivity contribution in [2.24, 2.45) is 0 Å². The summed E-state index contributed by atoms with van der Waals surface area (Å²) in [6, 6.07) is 29.3. The molecule has 0 unspecified atom stereocenters. The van der Waals surface area contributed by atoms with E-state index in [-0.39, 0.29) is 5.91 Å². The van der Waals surface area contributed by atoms with Gasteiger partial charge in [0.25, 0.3) is 5.91 Å². The smallest absolute Gasteiger partial charge is 0.257 e. The zero-order chi connectivity index (χ0) is 21.9. The van der Waals surface area contributed by atoms with Gasteiger partial charge < -0.3 is 5.32 Å². The number of hydrogen-bond donors (Lipinski definition) is 1. The summed E-state index contributed by atoms with van der Waals surface area (Å²) in [5.74, 6) is -0.230. The molecule has 0 aliphatic rings. The van der Waals surface area contributed by atoms with Gasteiger partial charge in [-0.3, -0.25) is 4.79 Å². The third-order valence-electron chi connectivity index (χ3n) is 5.22. The van der Waals surface area contributed by atoms with E-state index in [0.717, 1.165) is 28.1 Å². The summed E-state index contributed by atoms with van der Waals surface area (Å²) < 4.78 is 1.72. The lowest BCUT2D eigenvalue weighted by Gasteiger charge is -2.10. The molecule has 0 saturated carbocycles. The number of carbonyl (C=O) groups excluding carboxylic acids is 1. The lowest BCUT2D eigenvalue weighted by atomic mass is 10.1. The van der Waals surface area contributed by atoms with Crippen molar-refractivity contribution in [1.29, 1.82) is 0 Å².